The van der Waals surface area contributed by atoms with Crippen LogP contribution in [-0.4, -0.2) is 41.0 Å². The standard InChI is InChI=1S/C28H29NO5S/c1-18-8-6-7-11-21(18)23-16-20(26-33-17-24(34-26)19-9-4-3-5-10-19)12-13-22(23)25(30)28(29,27(31)32)14-15-35-2/h3-13,16,24,26H,14-15,17,29H2,1-2H3,(H,31,32)/t24?,26?,28-/m0/s1. The predicted molar refractivity (Wildman–Crippen MR) is 137 cm³/mol. The SMILES string of the molecule is CSCC[C@@](N)(C(=O)O)C(=O)c1ccc(C2OCC(c3ccccc3)O2)cc1-c1ccccc1C. The highest BCUT2D eigenvalue weighted by Crippen LogP contribution is 2.38. The summed E-state index contributed by atoms with van der Waals surface area (Å²) in [6.45, 7) is 2.36. The van der Waals surface area contributed by atoms with Crippen molar-refractivity contribution in [3.8, 4) is 11.1 Å². The lowest BCUT2D eigenvalue weighted by Crippen LogP contribution is -2.55. The molecule has 7 heteroatoms. The number of hydrogen-bond donors (Lipinski definition) is 2. The molecule has 3 aromatic rings. The number of carboxylic acids is 1. The van der Waals surface area contributed by atoms with Crippen molar-refractivity contribution in [2.24, 2.45) is 5.73 Å². The van der Waals surface area contributed by atoms with Gasteiger partial charge >= 0.3 is 5.97 Å². The average molecular weight is 492 g/mol. The van der Waals surface area contributed by atoms with E-state index in [2.05, 4.69) is 0 Å². The van der Waals surface area contributed by atoms with Crippen molar-refractivity contribution in [3.63, 3.8) is 0 Å². The fraction of sp³-hybridized carbons (Fsp3) is 0.286. The van der Waals surface area contributed by atoms with Crippen molar-refractivity contribution in [1.29, 1.82) is 0 Å². The molecule has 1 fully saturated rings. The monoisotopic (exact) mass is 491 g/mol. The molecule has 2 unspecified atom stereocenters. The Hall–Kier alpha value is -2.97. The average Bonchev–Trinajstić information content (AvgIpc) is 3.38. The Balaban J connectivity index is 1.74. The molecule has 0 spiro atoms. The van der Waals surface area contributed by atoms with Crippen molar-refractivity contribution in [2.75, 3.05) is 18.6 Å². The number of hydrogen-bond acceptors (Lipinski definition) is 6. The van der Waals surface area contributed by atoms with Gasteiger partial charge in [-0.15, -0.1) is 0 Å². The van der Waals surface area contributed by atoms with E-state index < -0.39 is 23.6 Å². The van der Waals surface area contributed by atoms with Crippen LogP contribution >= 0.6 is 11.8 Å². The zero-order chi connectivity index (χ0) is 25.0. The first kappa shape index (κ1) is 25.1. The van der Waals surface area contributed by atoms with Gasteiger partial charge in [0.2, 0.25) is 0 Å². The smallest absolute Gasteiger partial charge is 0.331 e. The third-order valence-electron chi connectivity index (χ3n) is 6.34. The zero-order valence-electron chi connectivity index (χ0n) is 19.8. The number of carbonyl (C=O) groups is 2. The van der Waals surface area contributed by atoms with Crippen molar-refractivity contribution in [2.45, 2.75) is 31.3 Å². The Labute approximate surface area is 209 Å². The minimum absolute atomic E-state index is 0.0326. The summed E-state index contributed by atoms with van der Waals surface area (Å²) < 4.78 is 12.1. The van der Waals surface area contributed by atoms with Gasteiger partial charge in [0.1, 0.15) is 6.10 Å². The molecule has 35 heavy (non-hydrogen) atoms. The maximum atomic E-state index is 13.6. The second-order valence-corrected chi connectivity index (χ2v) is 9.65. The molecule has 0 aliphatic carbocycles. The van der Waals surface area contributed by atoms with Gasteiger partial charge in [-0.3, -0.25) is 4.79 Å². The molecule has 1 aliphatic rings. The van der Waals surface area contributed by atoms with Gasteiger partial charge in [-0.1, -0.05) is 66.7 Å². The Morgan fingerprint density at radius 1 is 1.03 bits per heavy atom. The first-order valence-electron chi connectivity index (χ1n) is 11.4. The molecule has 6 nitrogen and oxygen atoms in total. The zero-order valence-corrected chi connectivity index (χ0v) is 20.6. The Morgan fingerprint density at radius 3 is 2.43 bits per heavy atom. The number of nitrogens with two attached hydrogens (primary N) is 1. The second kappa shape index (κ2) is 10.7. The number of aliphatic carboxylic acids is 1. The van der Waals surface area contributed by atoms with Crippen LogP contribution in [0.5, 0.6) is 0 Å². The van der Waals surface area contributed by atoms with Gasteiger partial charge in [-0.2, -0.15) is 11.8 Å². The Kier molecular flexibility index (Phi) is 7.72. The number of carbonyl (C=O) groups excluding carboxylic acids is 1. The third-order valence-corrected chi connectivity index (χ3v) is 6.95. The fourth-order valence-corrected chi connectivity index (χ4v) is 4.77. The van der Waals surface area contributed by atoms with Crippen molar-refractivity contribution < 1.29 is 24.2 Å². The highest BCUT2D eigenvalue weighted by molar-refractivity contribution is 7.98. The molecule has 3 aromatic carbocycles. The first-order valence-corrected chi connectivity index (χ1v) is 12.8. The summed E-state index contributed by atoms with van der Waals surface area (Å²) in [6.07, 6.45) is 1.08. The Bertz CT molecular complexity index is 1210. The lowest BCUT2D eigenvalue weighted by atomic mass is 9.83. The van der Waals surface area contributed by atoms with Gasteiger partial charge in [-0.05, 0) is 53.7 Å². The van der Waals surface area contributed by atoms with E-state index in [4.69, 9.17) is 15.2 Å². The van der Waals surface area contributed by atoms with Crippen LogP contribution in [0.1, 0.15) is 45.9 Å². The number of ketones is 1. The highest BCUT2D eigenvalue weighted by atomic mass is 32.2. The van der Waals surface area contributed by atoms with Gasteiger partial charge in [0.15, 0.2) is 17.6 Å². The van der Waals surface area contributed by atoms with Crippen LogP contribution in [0.2, 0.25) is 0 Å². The van der Waals surface area contributed by atoms with E-state index in [1.165, 1.54) is 11.8 Å². The van der Waals surface area contributed by atoms with E-state index in [1.54, 1.807) is 12.1 Å². The van der Waals surface area contributed by atoms with E-state index in [-0.39, 0.29) is 18.1 Å². The molecular formula is C28H29NO5S. The summed E-state index contributed by atoms with van der Waals surface area (Å²) in [5.41, 5.74) is 8.65. The third kappa shape index (κ3) is 5.18. The molecule has 0 bridgehead atoms. The van der Waals surface area contributed by atoms with Crippen LogP contribution in [0, 0.1) is 6.92 Å². The van der Waals surface area contributed by atoms with E-state index >= 15 is 0 Å². The minimum atomic E-state index is -2.01. The van der Waals surface area contributed by atoms with Gasteiger partial charge in [0.25, 0.3) is 0 Å². The molecule has 182 valence electrons. The second-order valence-electron chi connectivity index (χ2n) is 8.67. The lowest BCUT2D eigenvalue weighted by molar-refractivity contribution is -0.141. The molecular weight excluding hydrogens is 462 g/mol. The van der Waals surface area contributed by atoms with Crippen LogP contribution in [0.3, 0.4) is 0 Å². The van der Waals surface area contributed by atoms with Crippen molar-refractivity contribution in [3.05, 3.63) is 95.1 Å². The van der Waals surface area contributed by atoms with Crippen LogP contribution in [-0.2, 0) is 14.3 Å². The van der Waals surface area contributed by atoms with Crippen LogP contribution < -0.4 is 5.73 Å². The van der Waals surface area contributed by atoms with E-state index in [0.717, 1.165) is 22.3 Å². The number of thioether (sulfide) groups is 1. The molecule has 0 radical (unpaired) electrons. The quantitative estimate of drug-likeness (QED) is 0.315. The largest absolute Gasteiger partial charge is 0.480 e. The summed E-state index contributed by atoms with van der Waals surface area (Å²) in [6, 6.07) is 22.8. The van der Waals surface area contributed by atoms with Gasteiger partial charge in [0, 0.05) is 11.1 Å². The summed E-state index contributed by atoms with van der Waals surface area (Å²) in [5, 5.41) is 9.88. The predicted octanol–water partition coefficient (Wildman–Crippen LogP) is 5.17. The maximum absolute atomic E-state index is 13.6. The number of aryl methyl sites for hydroxylation is 1. The molecule has 4 rings (SSSR count). The molecule has 1 saturated heterocycles. The maximum Gasteiger partial charge on any atom is 0.331 e. The van der Waals surface area contributed by atoms with Crippen LogP contribution in [0.25, 0.3) is 11.1 Å². The molecule has 1 heterocycles. The number of ether oxygens (including phenoxy) is 2. The van der Waals surface area contributed by atoms with Crippen LogP contribution in [0.4, 0.5) is 0 Å². The van der Waals surface area contributed by atoms with Crippen LogP contribution in [0.15, 0.2) is 72.8 Å². The van der Waals surface area contributed by atoms with Gasteiger partial charge in [0.05, 0.1) is 6.61 Å². The first-order chi connectivity index (χ1) is 16.8. The molecule has 0 saturated carbocycles. The van der Waals surface area contributed by atoms with E-state index in [0.29, 0.717) is 17.9 Å². The topological polar surface area (TPSA) is 98.9 Å². The van der Waals surface area contributed by atoms with E-state index in [9.17, 15) is 14.7 Å². The number of rotatable bonds is 9. The number of carboxylic acid groups (broad SMARTS) is 1. The molecule has 0 amide bonds. The summed E-state index contributed by atoms with van der Waals surface area (Å²) in [7, 11) is 0. The summed E-state index contributed by atoms with van der Waals surface area (Å²) in [4.78, 5) is 25.7. The lowest BCUT2D eigenvalue weighted by Gasteiger charge is -2.25. The number of benzene rings is 3. The summed E-state index contributed by atoms with van der Waals surface area (Å²) >= 11 is 1.45. The van der Waals surface area contributed by atoms with Gasteiger partial charge in [-0.25, -0.2) is 4.79 Å². The molecule has 3 atom stereocenters. The van der Waals surface area contributed by atoms with E-state index in [1.807, 2.05) is 73.8 Å². The molecule has 3 N–H and O–H groups in total. The summed E-state index contributed by atoms with van der Waals surface area (Å²) in [5.74, 6) is -1.49. The Morgan fingerprint density at radius 2 is 1.74 bits per heavy atom. The number of Topliss-reactive ketones (excluding diaryl/α,β-unsaturated/α-hetero) is 1. The molecule has 1 aliphatic heterocycles. The fourth-order valence-electron chi connectivity index (χ4n) is 4.25. The normalized spacial score (nSPS) is 19.3. The van der Waals surface area contributed by atoms with Gasteiger partial charge < -0.3 is 20.3 Å². The highest BCUT2D eigenvalue weighted by Gasteiger charge is 2.43. The van der Waals surface area contributed by atoms with Crippen molar-refractivity contribution in [1.82, 2.24) is 0 Å². The molecule has 0 aromatic heterocycles. The van der Waals surface area contributed by atoms with Crippen molar-refractivity contribution >= 4 is 23.5 Å². The minimum Gasteiger partial charge on any atom is -0.480 e.